The van der Waals surface area contributed by atoms with E-state index in [-0.39, 0.29) is 34.6 Å². The minimum Gasteiger partial charge on any atom is -0.319 e. The molecule has 0 saturated carbocycles. The molecule has 7 aromatic carbocycles. The van der Waals surface area contributed by atoms with E-state index >= 15 is 8.78 Å². The van der Waals surface area contributed by atoms with E-state index < -0.39 is 0 Å². The Morgan fingerprint density at radius 2 is 1.11 bits per heavy atom. The number of anilines is 6. The van der Waals surface area contributed by atoms with E-state index in [1.54, 1.807) is 12.1 Å². The van der Waals surface area contributed by atoms with Crippen molar-refractivity contribution in [2.24, 2.45) is 0 Å². The minimum absolute atomic E-state index is 0.228. The van der Waals surface area contributed by atoms with Gasteiger partial charge in [-0.25, -0.2) is 8.78 Å². The molecule has 3 nitrogen and oxygen atoms in total. The van der Waals surface area contributed by atoms with Crippen molar-refractivity contribution in [3.8, 4) is 16.8 Å². The normalized spacial score (nSPS) is 14.7. The molecule has 306 valence electrons. The molecule has 8 aromatic rings. The van der Waals surface area contributed by atoms with Gasteiger partial charge >= 0.3 is 0 Å². The summed E-state index contributed by atoms with van der Waals surface area (Å²) in [5, 5.41) is 1.03. The molecule has 3 heterocycles. The molecule has 0 N–H and O–H groups in total. The smallest absolute Gasteiger partial charge is 0.274 e. The van der Waals surface area contributed by atoms with Crippen molar-refractivity contribution < 1.29 is 8.78 Å². The summed E-state index contributed by atoms with van der Waals surface area (Å²) in [4.78, 5) is 4.37. The van der Waals surface area contributed by atoms with E-state index in [9.17, 15) is 0 Å². The summed E-state index contributed by atoms with van der Waals surface area (Å²) in [7, 11) is 0. The fourth-order valence-corrected chi connectivity index (χ4v) is 10.8. The first kappa shape index (κ1) is 38.5. The molecular formula is C56H50BF2N3. The summed E-state index contributed by atoms with van der Waals surface area (Å²) in [6.45, 7) is 19.5. The van der Waals surface area contributed by atoms with Gasteiger partial charge in [0.1, 0.15) is 11.6 Å². The van der Waals surface area contributed by atoms with Crippen LogP contribution in [0.25, 0.3) is 27.7 Å². The van der Waals surface area contributed by atoms with Crippen molar-refractivity contribution in [2.75, 3.05) is 9.80 Å². The van der Waals surface area contributed by atoms with Crippen LogP contribution < -0.4 is 26.3 Å². The molecule has 0 atom stereocenters. The van der Waals surface area contributed by atoms with E-state index in [1.165, 1.54) is 22.3 Å². The molecule has 2 aliphatic heterocycles. The lowest BCUT2D eigenvalue weighted by molar-refractivity contribution is 0.583. The SMILES string of the molecule is Cc1cc2c3c(c1)N(c1cc(C(C)(C)C)ccc1F)c1c(n(-c4ccccc4)c4ccccc14)B3c1c(ccc3c1-c1ccccc1C3(C)C)N2c1cc(C(C)(C)C)ccc1F. The van der Waals surface area contributed by atoms with Gasteiger partial charge in [0.25, 0.3) is 6.71 Å². The Balaban J connectivity index is 1.37. The predicted octanol–water partition coefficient (Wildman–Crippen LogP) is 13.2. The van der Waals surface area contributed by atoms with Gasteiger partial charge in [0.15, 0.2) is 0 Å². The van der Waals surface area contributed by atoms with E-state index in [0.29, 0.717) is 11.4 Å². The highest BCUT2D eigenvalue weighted by atomic mass is 19.1. The number of benzene rings is 7. The van der Waals surface area contributed by atoms with Gasteiger partial charge in [-0.1, -0.05) is 134 Å². The highest BCUT2D eigenvalue weighted by Crippen LogP contribution is 2.54. The lowest BCUT2D eigenvalue weighted by Gasteiger charge is -2.45. The van der Waals surface area contributed by atoms with Crippen LogP contribution in [0.15, 0.2) is 140 Å². The van der Waals surface area contributed by atoms with Gasteiger partial charge in [-0.15, -0.1) is 0 Å². The summed E-state index contributed by atoms with van der Waals surface area (Å²) in [5.41, 5.74) is 17.1. The van der Waals surface area contributed by atoms with Gasteiger partial charge < -0.3 is 14.4 Å². The van der Waals surface area contributed by atoms with Crippen molar-refractivity contribution in [2.45, 2.75) is 78.6 Å². The quantitative estimate of drug-likeness (QED) is 0.165. The van der Waals surface area contributed by atoms with Crippen LogP contribution in [0, 0.1) is 18.6 Å². The van der Waals surface area contributed by atoms with Gasteiger partial charge in [0.05, 0.1) is 22.6 Å². The van der Waals surface area contributed by atoms with Crippen molar-refractivity contribution in [3.05, 3.63) is 179 Å². The minimum atomic E-state index is -0.328. The van der Waals surface area contributed by atoms with E-state index in [4.69, 9.17) is 0 Å². The number of aryl methyl sites for hydroxylation is 1. The first-order valence-corrected chi connectivity index (χ1v) is 21.9. The number of nitrogens with zero attached hydrogens (tertiary/aromatic N) is 3. The molecule has 0 spiro atoms. The van der Waals surface area contributed by atoms with Crippen LogP contribution in [0.1, 0.15) is 83.2 Å². The number of fused-ring (bicyclic) bond motifs is 10. The van der Waals surface area contributed by atoms with Crippen LogP contribution in [-0.2, 0) is 16.2 Å². The number of rotatable bonds is 3. The van der Waals surface area contributed by atoms with Gasteiger partial charge in [0, 0.05) is 39.1 Å². The maximum atomic E-state index is 17.2. The number of para-hydroxylation sites is 2. The Kier molecular flexibility index (Phi) is 8.12. The van der Waals surface area contributed by atoms with Crippen molar-refractivity contribution >= 4 is 68.3 Å². The summed E-state index contributed by atoms with van der Waals surface area (Å²) in [6.07, 6.45) is 0. The van der Waals surface area contributed by atoms with E-state index in [1.807, 2.05) is 24.3 Å². The van der Waals surface area contributed by atoms with Crippen LogP contribution >= 0.6 is 0 Å². The van der Waals surface area contributed by atoms with Crippen LogP contribution in [0.5, 0.6) is 0 Å². The number of hydrogen-bond acceptors (Lipinski definition) is 2. The first-order chi connectivity index (χ1) is 29.6. The van der Waals surface area contributed by atoms with Crippen LogP contribution in [0.2, 0.25) is 0 Å². The predicted molar refractivity (Wildman–Crippen MR) is 257 cm³/mol. The summed E-state index contributed by atoms with van der Waals surface area (Å²) < 4.78 is 36.6. The Morgan fingerprint density at radius 1 is 0.532 bits per heavy atom. The molecule has 3 aliphatic rings. The third kappa shape index (κ3) is 5.34. The standard InChI is InChI=1S/C56H50BF2N3/c1-33-29-47-50-48(30-33)62(46-32-35(55(5,6)7)24-27-42(46)59)52-38-20-14-16-22-43(38)60(36-17-11-10-12-18-36)53(52)57(50)51-44(61(47)45-31-34(54(2,3)4)23-26-41(45)58)28-25-40-49(51)37-19-13-15-21-39(37)56(40,8)9/h10-32H,1-9H3. The molecule has 0 fully saturated rings. The lowest BCUT2D eigenvalue weighted by Crippen LogP contribution is -2.63. The van der Waals surface area contributed by atoms with Gasteiger partial charge in [0.2, 0.25) is 0 Å². The Hall–Kier alpha value is -6.40. The number of hydrogen-bond donors (Lipinski definition) is 0. The zero-order valence-electron chi connectivity index (χ0n) is 37.0. The number of aromatic nitrogens is 1. The first-order valence-electron chi connectivity index (χ1n) is 21.9. The van der Waals surface area contributed by atoms with Crippen molar-refractivity contribution in [1.82, 2.24) is 4.57 Å². The molecule has 0 saturated heterocycles. The number of halogens is 2. The zero-order chi connectivity index (χ0) is 43.2. The Morgan fingerprint density at radius 3 is 1.77 bits per heavy atom. The lowest BCUT2D eigenvalue weighted by atomic mass is 9.34. The molecule has 6 heteroatoms. The van der Waals surface area contributed by atoms with E-state index in [0.717, 1.165) is 72.5 Å². The second kappa shape index (κ2) is 13.1. The Labute approximate surface area is 364 Å². The molecule has 0 unspecified atom stereocenters. The molecule has 0 amide bonds. The second-order valence-electron chi connectivity index (χ2n) is 20.2. The molecule has 62 heavy (non-hydrogen) atoms. The molecule has 1 aliphatic carbocycles. The average Bonchev–Trinajstić information content (AvgIpc) is 3.69. The molecule has 0 bridgehead atoms. The largest absolute Gasteiger partial charge is 0.319 e. The third-order valence-corrected chi connectivity index (χ3v) is 13.8. The highest BCUT2D eigenvalue weighted by molar-refractivity contribution is 7.01. The van der Waals surface area contributed by atoms with E-state index in [2.05, 4.69) is 180 Å². The second-order valence-corrected chi connectivity index (χ2v) is 20.2. The summed E-state index contributed by atoms with van der Waals surface area (Å²) in [6, 6.07) is 48.0. The summed E-state index contributed by atoms with van der Waals surface area (Å²) in [5.74, 6) is -0.600. The maximum absolute atomic E-state index is 17.2. The Bertz CT molecular complexity index is 3180. The van der Waals surface area contributed by atoms with Gasteiger partial charge in [-0.3, -0.25) is 0 Å². The fraction of sp³-hybridized carbons (Fsp3) is 0.214. The topological polar surface area (TPSA) is 11.4 Å². The highest BCUT2D eigenvalue weighted by Gasteiger charge is 2.51. The third-order valence-electron chi connectivity index (χ3n) is 13.8. The van der Waals surface area contributed by atoms with Crippen LogP contribution in [-0.4, -0.2) is 11.3 Å². The molecular weight excluding hydrogens is 763 g/mol. The van der Waals surface area contributed by atoms with Crippen LogP contribution in [0.3, 0.4) is 0 Å². The monoisotopic (exact) mass is 813 g/mol. The molecule has 0 radical (unpaired) electrons. The molecule has 1 aromatic heterocycles. The van der Waals surface area contributed by atoms with Crippen LogP contribution in [0.4, 0.5) is 42.9 Å². The summed E-state index contributed by atoms with van der Waals surface area (Å²) >= 11 is 0. The maximum Gasteiger partial charge on any atom is 0.274 e. The van der Waals surface area contributed by atoms with Gasteiger partial charge in [-0.05, 0) is 128 Å². The van der Waals surface area contributed by atoms with Crippen molar-refractivity contribution in [3.63, 3.8) is 0 Å². The van der Waals surface area contributed by atoms with Crippen molar-refractivity contribution in [1.29, 1.82) is 0 Å². The van der Waals surface area contributed by atoms with Gasteiger partial charge in [-0.2, -0.15) is 0 Å². The fourth-order valence-electron chi connectivity index (χ4n) is 10.8. The molecule has 11 rings (SSSR count). The zero-order valence-corrected chi connectivity index (χ0v) is 37.0. The average molecular weight is 814 g/mol.